The van der Waals surface area contributed by atoms with Gasteiger partial charge in [-0.3, -0.25) is 4.98 Å². The molecule has 0 unspecified atom stereocenters. The highest BCUT2D eigenvalue weighted by Crippen LogP contribution is 2.23. The summed E-state index contributed by atoms with van der Waals surface area (Å²) in [5, 5.41) is 4.64. The van der Waals surface area contributed by atoms with Gasteiger partial charge in [-0.2, -0.15) is 0 Å². The average Bonchev–Trinajstić information content (AvgIpc) is 2.36. The van der Waals surface area contributed by atoms with E-state index in [1.807, 2.05) is 32.0 Å². The molecule has 102 valence electrons. The Morgan fingerprint density at radius 3 is 2.74 bits per heavy atom. The number of hydrogen-bond donors (Lipinski definition) is 1. The van der Waals surface area contributed by atoms with Crippen LogP contribution in [0.4, 0.5) is 5.69 Å². The number of anilines is 1. The summed E-state index contributed by atoms with van der Waals surface area (Å²) in [5.41, 5.74) is 3.00. The molecule has 0 saturated heterocycles. The van der Waals surface area contributed by atoms with Crippen LogP contribution in [-0.2, 0) is 4.74 Å². The van der Waals surface area contributed by atoms with Crippen LogP contribution >= 0.6 is 0 Å². The van der Waals surface area contributed by atoms with Gasteiger partial charge in [0.05, 0.1) is 11.1 Å². The highest BCUT2D eigenvalue weighted by atomic mass is 16.5. The maximum atomic E-state index is 5.72. The van der Waals surface area contributed by atoms with Crippen molar-refractivity contribution >= 4 is 16.6 Å². The number of pyridine rings is 1. The zero-order chi connectivity index (χ0) is 13.9. The van der Waals surface area contributed by atoms with Crippen LogP contribution in [0.15, 0.2) is 30.3 Å². The number of para-hydroxylation sites is 1. The van der Waals surface area contributed by atoms with Gasteiger partial charge in [0.1, 0.15) is 0 Å². The van der Waals surface area contributed by atoms with Crippen LogP contribution in [0.2, 0.25) is 0 Å². The highest BCUT2D eigenvalue weighted by molar-refractivity contribution is 5.91. The first-order chi connectivity index (χ1) is 9.02. The number of ether oxygens (including phenoxy) is 1. The fraction of sp³-hybridized carbons (Fsp3) is 0.438. The monoisotopic (exact) mass is 258 g/mol. The summed E-state index contributed by atoms with van der Waals surface area (Å²) in [4.78, 5) is 4.55. The third kappa shape index (κ3) is 3.44. The molecule has 19 heavy (non-hydrogen) atoms. The fourth-order valence-electron chi connectivity index (χ4n) is 2.20. The van der Waals surface area contributed by atoms with Gasteiger partial charge >= 0.3 is 0 Å². The maximum Gasteiger partial charge on any atom is 0.0797 e. The van der Waals surface area contributed by atoms with Crippen molar-refractivity contribution in [3.05, 3.63) is 36.0 Å². The van der Waals surface area contributed by atoms with Crippen LogP contribution < -0.4 is 5.32 Å². The van der Waals surface area contributed by atoms with E-state index in [9.17, 15) is 0 Å². The predicted molar refractivity (Wildman–Crippen MR) is 80.7 cm³/mol. The van der Waals surface area contributed by atoms with Crippen LogP contribution in [0, 0.1) is 6.92 Å². The minimum absolute atomic E-state index is 0.174. The molecule has 0 bridgehead atoms. The summed E-state index contributed by atoms with van der Waals surface area (Å²) >= 11 is 0. The van der Waals surface area contributed by atoms with Gasteiger partial charge in [-0.15, -0.1) is 0 Å². The fourth-order valence-corrected chi connectivity index (χ4v) is 2.20. The van der Waals surface area contributed by atoms with Crippen LogP contribution in [0.3, 0.4) is 0 Å². The van der Waals surface area contributed by atoms with Crippen LogP contribution in [0.1, 0.15) is 26.5 Å². The van der Waals surface area contributed by atoms with Crippen LogP contribution in [-0.4, -0.2) is 23.7 Å². The van der Waals surface area contributed by atoms with Crippen molar-refractivity contribution in [3.63, 3.8) is 0 Å². The molecule has 1 aromatic carbocycles. The first-order valence-electron chi connectivity index (χ1n) is 6.76. The number of rotatable bonds is 5. The van der Waals surface area contributed by atoms with Gasteiger partial charge < -0.3 is 10.1 Å². The van der Waals surface area contributed by atoms with Gasteiger partial charge in [0.15, 0.2) is 0 Å². The summed E-state index contributed by atoms with van der Waals surface area (Å²) in [6, 6.07) is 10.3. The van der Waals surface area contributed by atoms with E-state index >= 15 is 0 Å². The Morgan fingerprint density at radius 2 is 2.00 bits per heavy atom. The second-order valence-electron chi connectivity index (χ2n) is 5.37. The van der Waals surface area contributed by atoms with E-state index < -0.39 is 0 Å². The molecule has 0 radical (unpaired) electrons. The van der Waals surface area contributed by atoms with Crippen molar-refractivity contribution in [1.29, 1.82) is 0 Å². The summed E-state index contributed by atoms with van der Waals surface area (Å²) in [6.07, 6.45) is 0. The first-order valence-corrected chi connectivity index (χ1v) is 6.76. The Labute approximate surface area is 115 Å². The zero-order valence-electron chi connectivity index (χ0n) is 12.2. The molecule has 0 atom stereocenters. The van der Waals surface area contributed by atoms with Gasteiger partial charge in [-0.05, 0) is 39.8 Å². The lowest BCUT2D eigenvalue weighted by Gasteiger charge is -2.26. The molecule has 1 aromatic heterocycles. The lowest BCUT2D eigenvalue weighted by atomic mass is 10.1. The van der Waals surface area contributed by atoms with Gasteiger partial charge in [0, 0.05) is 29.9 Å². The second-order valence-corrected chi connectivity index (χ2v) is 5.37. The number of aromatic nitrogens is 1. The van der Waals surface area contributed by atoms with E-state index in [0.717, 1.165) is 35.4 Å². The number of fused-ring (bicyclic) bond motifs is 1. The summed E-state index contributed by atoms with van der Waals surface area (Å²) < 4.78 is 5.72. The second kappa shape index (κ2) is 5.57. The minimum atomic E-state index is -0.174. The van der Waals surface area contributed by atoms with E-state index in [2.05, 4.69) is 36.3 Å². The molecule has 3 heteroatoms. The summed E-state index contributed by atoms with van der Waals surface area (Å²) in [5.74, 6) is 0. The summed E-state index contributed by atoms with van der Waals surface area (Å²) in [6.45, 7) is 9.73. The number of hydrogen-bond acceptors (Lipinski definition) is 3. The van der Waals surface area contributed by atoms with E-state index in [0.29, 0.717) is 0 Å². The molecule has 0 spiro atoms. The lowest BCUT2D eigenvalue weighted by molar-refractivity contribution is 0.000716. The smallest absolute Gasteiger partial charge is 0.0797 e. The van der Waals surface area contributed by atoms with E-state index in [-0.39, 0.29) is 5.60 Å². The van der Waals surface area contributed by atoms with E-state index in [4.69, 9.17) is 4.74 Å². The van der Waals surface area contributed by atoms with Crippen LogP contribution in [0.5, 0.6) is 0 Å². The SMILES string of the molecule is CCOC(C)(C)CNc1cc(C)nc2ccccc12. The lowest BCUT2D eigenvalue weighted by Crippen LogP contribution is -2.33. The number of nitrogens with one attached hydrogen (secondary N) is 1. The van der Waals surface area contributed by atoms with Crippen LogP contribution in [0.25, 0.3) is 10.9 Å². The molecule has 3 nitrogen and oxygen atoms in total. The molecular formula is C16H22N2O. The first kappa shape index (κ1) is 13.8. The molecule has 0 saturated carbocycles. The van der Waals surface area contributed by atoms with Gasteiger partial charge in [0.25, 0.3) is 0 Å². The third-order valence-electron chi connectivity index (χ3n) is 3.08. The van der Waals surface area contributed by atoms with Crippen molar-refractivity contribution in [2.24, 2.45) is 0 Å². The standard InChI is InChI=1S/C16H22N2O/c1-5-19-16(3,4)11-17-15-10-12(2)18-14-9-7-6-8-13(14)15/h6-10H,5,11H2,1-4H3,(H,17,18). The quantitative estimate of drug-likeness (QED) is 0.886. The van der Waals surface area contributed by atoms with Gasteiger partial charge in [-0.1, -0.05) is 18.2 Å². The van der Waals surface area contributed by atoms with Crippen molar-refractivity contribution in [2.75, 3.05) is 18.5 Å². The van der Waals surface area contributed by atoms with E-state index in [1.165, 1.54) is 0 Å². The Morgan fingerprint density at radius 1 is 1.26 bits per heavy atom. The van der Waals surface area contributed by atoms with Crippen molar-refractivity contribution in [2.45, 2.75) is 33.3 Å². The number of nitrogens with zero attached hydrogens (tertiary/aromatic N) is 1. The topological polar surface area (TPSA) is 34.1 Å². The Bertz CT molecular complexity index is 564. The molecular weight excluding hydrogens is 236 g/mol. The maximum absolute atomic E-state index is 5.72. The highest BCUT2D eigenvalue weighted by Gasteiger charge is 2.17. The average molecular weight is 258 g/mol. The molecule has 0 aliphatic carbocycles. The Hall–Kier alpha value is -1.61. The molecule has 2 aromatic rings. The number of benzene rings is 1. The molecule has 0 aliphatic heterocycles. The zero-order valence-corrected chi connectivity index (χ0v) is 12.2. The van der Waals surface area contributed by atoms with Crippen molar-refractivity contribution in [1.82, 2.24) is 4.98 Å². The van der Waals surface area contributed by atoms with E-state index in [1.54, 1.807) is 0 Å². The van der Waals surface area contributed by atoms with Gasteiger partial charge in [-0.25, -0.2) is 0 Å². The Balaban J connectivity index is 2.25. The summed E-state index contributed by atoms with van der Waals surface area (Å²) in [7, 11) is 0. The predicted octanol–water partition coefficient (Wildman–Crippen LogP) is 3.77. The third-order valence-corrected chi connectivity index (χ3v) is 3.08. The minimum Gasteiger partial charge on any atom is -0.382 e. The molecule has 0 aliphatic rings. The normalized spacial score (nSPS) is 11.8. The van der Waals surface area contributed by atoms with Crippen molar-refractivity contribution in [3.8, 4) is 0 Å². The van der Waals surface area contributed by atoms with Gasteiger partial charge in [0.2, 0.25) is 0 Å². The Kier molecular flexibility index (Phi) is 4.05. The molecule has 0 amide bonds. The molecule has 0 fully saturated rings. The number of aryl methyl sites for hydroxylation is 1. The molecule has 1 heterocycles. The van der Waals surface area contributed by atoms with Crippen molar-refractivity contribution < 1.29 is 4.74 Å². The largest absolute Gasteiger partial charge is 0.382 e. The molecule has 1 N–H and O–H groups in total. The molecule has 2 rings (SSSR count).